The first-order valence-corrected chi connectivity index (χ1v) is 11.4. The molecule has 0 spiro atoms. The number of esters is 1. The third kappa shape index (κ3) is 5.56. The first-order valence-electron chi connectivity index (χ1n) is 10.6. The molecule has 0 unspecified atom stereocenters. The number of aryl methyl sites for hydroxylation is 1. The molecule has 6 nitrogen and oxygen atoms in total. The summed E-state index contributed by atoms with van der Waals surface area (Å²) >= 11 is 1.61. The SMILES string of the molecule is CC(=O)N(CCOC(=O)c1ccccc1)c1ccc(OCc2nc3ccccc3s2)cc1C. The molecule has 1 amide bonds. The summed E-state index contributed by atoms with van der Waals surface area (Å²) in [6.45, 7) is 4.16. The predicted octanol–water partition coefficient (Wildman–Crippen LogP) is 5.39. The molecule has 0 radical (unpaired) electrons. The highest BCUT2D eigenvalue weighted by Gasteiger charge is 2.16. The molecule has 1 heterocycles. The van der Waals surface area contributed by atoms with E-state index in [1.807, 2.05) is 55.5 Å². The molecule has 4 aromatic rings. The van der Waals surface area contributed by atoms with Crippen LogP contribution in [0.15, 0.2) is 72.8 Å². The number of ether oxygens (including phenoxy) is 2. The Balaban J connectivity index is 1.37. The van der Waals surface area contributed by atoms with Gasteiger partial charge >= 0.3 is 5.97 Å². The lowest BCUT2D eigenvalue weighted by atomic mass is 10.1. The molecule has 33 heavy (non-hydrogen) atoms. The van der Waals surface area contributed by atoms with Crippen molar-refractivity contribution >= 4 is 39.1 Å². The van der Waals surface area contributed by atoms with Crippen LogP contribution in [0.5, 0.6) is 5.75 Å². The molecule has 0 aliphatic rings. The molecule has 0 bridgehead atoms. The van der Waals surface area contributed by atoms with E-state index in [2.05, 4.69) is 4.98 Å². The van der Waals surface area contributed by atoms with Gasteiger partial charge in [0.1, 0.15) is 24.0 Å². The molecule has 3 aromatic carbocycles. The van der Waals surface area contributed by atoms with Gasteiger partial charge < -0.3 is 14.4 Å². The zero-order valence-electron chi connectivity index (χ0n) is 18.5. The van der Waals surface area contributed by atoms with Crippen molar-refractivity contribution in [3.63, 3.8) is 0 Å². The Morgan fingerprint density at radius 2 is 1.76 bits per heavy atom. The van der Waals surface area contributed by atoms with E-state index in [0.717, 1.165) is 26.5 Å². The molecular formula is C26H24N2O4S. The van der Waals surface area contributed by atoms with Crippen LogP contribution in [-0.4, -0.2) is 30.0 Å². The van der Waals surface area contributed by atoms with Crippen LogP contribution in [0.4, 0.5) is 5.69 Å². The van der Waals surface area contributed by atoms with Crippen molar-refractivity contribution in [2.75, 3.05) is 18.1 Å². The van der Waals surface area contributed by atoms with E-state index in [-0.39, 0.29) is 19.1 Å². The summed E-state index contributed by atoms with van der Waals surface area (Å²) in [5, 5.41) is 0.906. The summed E-state index contributed by atoms with van der Waals surface area (Å²) < 4.78 is 12.4. The Kier molecular flexibility index (Phi) is 7.00. The maximum absolute atomic E-state index is 12.3. The second-order valence-corrected chi connectivity index (χ2v) is 8.60. The summed E-state index contributed by atoms with van der Waals surface area (Å²) in [6.07, 6.45) is 0. The molecule has 0 N–H and O–H groups in total. The molecule has 0 saturated heterocycles. The number of hydrogen-bond donors (Lipinski definition) is 0. The lowest BCUT2D eigenvalue weighted by molar-refractivity contribution is -0.116. The normalized spacial score (nSPS) is 10.7. The topological polar surface area (TPSA) is 68.7 Å². The van der Waals surface area contributed by atoms with Gasteiger partial charge in [-0.25, -0.2) is 9.78 Å². The number of amides is 1. The number of hydrogen-bond acceptors (Lipinski definition) is 6. The number of para-hydroxylation sites is 1. The number of carbonyl (C=O) groups excluding carboxylic acids is 2. The van der Waals surface area contributed by atoms with Crippen LogP contribution in [0.2, 0.25) is 0 Å². The Hall–Kier alpha value is -3.71. The fourth-order valence-corrected chi connectivity index (χ4v) is 4.36. The zero-order valence-corrected chi connectivity index (χ0v) is 19.3. The van der Waals surface area contributed by atoms with Gasteiger partial charge in [0.15, 0.2) is 0 Å². The van der Waals surface area contributed by atoms with Crippen molar-refractivity contribution < 1.29 is 19.1 Å². The average molecular weight is 461 g/mol. The van der Waals surface area contributed by atoms with E-state index in [9.17, 15) is 9.59 Å². The number of thiazole rings is 1. The number of aromatic nitrogens is 1. The van der Waals surface area contributed by atoms with Crippen molar-refractivity contribution in [2.24, 2.45) is 0 Å². The van der Waals surface area contributed by atoms with E-state index in [4.69, 9.17) is 9.47 Å². The van der Waals surface area contributed by atoms with Gasteiger partial charge in [-0.3, -0.25) is 4.79 Å². The molecule has 4 rings (SSSR count). The third-order valence-electron chi connectivity index (χ3n) is 5.10. The fourth-order valence-electron chi connectivity index (χ4n) is 3.48. The molecule has 0 atom stereocenters. The minimum atomic E-state index is -0.408. The monoisotopic (exact) mass is 460 g/mol. The van der Waals surface area contributed by atoms with Gasteiger partial charge in [-0.2, -0.15) is 0 Å². The first-order chi connectivity index (χ1) is 16.0. The average Bonchev–Trinajstić information content (AvgIpc) is 3.24. The van der Waals surface area contributed by atoms with Crippen LogP contribution in [-0.2, 0) is 16.1 Å². The molecule has 1 aromatic heterocycles. The summed E-state index contributed by atoms with van der Waals surface area (Å²) in [6, 6.07) is 22.4. The Morgan fingerprint density at radius 1 is 1.00 bits per heavy atom. The lowest BCUT2D eigenvalue weighted by Crippen LogP contribution is -2.33. The summed E-state index contributed by atoms with van der Waals surface area (Å²) in [5.41, 5.74) is 3.10. The molecule has 0 aliphatic heterocycles. The summed E-state index contributed by atoms with van der Waals surface area (Å²) in [5.74, 6) is 0.168. The smallest absolute Gasteiger partial charge is 0.338 e. The van der Waals surface area contributed by atoms with E-state index in [1.165, 1.54) is 6.92 Å². The second-order valence-electron chi connectivity index (χ2n) is 7.48. The van der Waals surface area contributed by atoms with Gasteiger partial charge in [0, 0.05) is 12.6 Å². The van der Waals surface area contributed by atoms with Crippen molar-refractivity contribution in [3.05, 3.63) is 88.9 Å². The van der Waals surface area contributed by atoms with E-state index < -0.39 is 5.97 Å². The molecular weight excluding hydrogens is 436 g/mol. The number of anilines is 1. The van der Waals surface area contributed by atoms with Gasteiger partial charge in [0.05, 0.1) is 22.3 Å². The number of benzene rings is 3. The van der Waals surface area contributed by atoms with E-state index in [0.29, 0.717) is 17.9 Å². The van der Waals surface area contributed by atoms with Crippen LogP contribution in [0.1, 0.15) is 27.9 Å². The fraction of sp³-hybridized carbons (Fsp3) is 0.192. The Morgan fingerprint density at radius 3 is 2.48 bits per heavy atom. The maximum atomic E-state index is 12.3. The quantitative estimate of drug-likeness (QED) is 0.330. The first kappa shape index (κ1) is 22.5. The van der Waals surface area contributed by atoms with Crippen molar-refractivity contribution in [1.82, 2.24) is 4.98 Å². The zero-order chi connectivity index (χ0) is 23.2. The van der Waals surface area contributed by atoms with Crippen molar-refractivity contribution in [2.45, 2.75) is 20.5 Å². The number of nitrogens with zero attached hydrogens (tertiary/aromatic N) is 2. The van der Waals surface area contributed by atoms with E-state index in [1.54, 1.807) is 40.5 Å². The largest absolute Gasteiger partial charge is 0.486 e. The number of fused-ring (bicyclic) bond motifs is 1. The maximum Gasteiger partial charge on any atom is 0.338 e. The van der Waals surface area contributed by atoms with Crippen LogP contribution in [0.25, 0.3) is 10.2 Å². The molecule has 0 fully saturated rings. The summed E-state index contributed by atoms with van der Waals surface area (Å²) in [4.78, 5) is 30.6. The highest BCUT2D eigenvalue weighted by atomic mass is 32.1. The van der Waals surface area contributed by atoms with Crippen LogP contribution in [0, 0.1) is 6.92 Å². The molecule has 0 aliphatic carbocycles. The standard InChI is InChI=1S/C26H24N2O4S/c1-18-16-21(32-17-25-27-22-10-6-7-11-24(22)33-25)12-13-23(18)28(19(2)29)14-15-31-26(30)20-8-4-3-5-9-20/h3-13,16H,14-15,17H2,1-2H3. The van der Waals surface area contributed by atoms with Gasteiger partial charge in [-0.1, -0.05) is 30.3 Å². The highest BCUT2D eigenvalue weighted by molar-refractivity contribution is 7.18. The number of carbonyl (C=O) groups is 2. The predicted molar refractivity (Wildman–Crippen MR) is 130 cm³/mol. The van der Waals surface area contributed by atoms with Gasteiger partial charge in [0.25, 0.3) is 0 Å². The van der Waals surface area contributed by atoms with E-state index >= 15 is 0 Å². The van der Waals surface area contributed by atoms with Gasteiger partial charge in [-0.15, -0.1) is 11.3 Å². The number of rotatable bonds is 8. The van der Waals surface area contributed by atoms with Crippen LogP contribution in [0.3, 0.4) is 0 Å². The minimum absolute atomic E-state index is 0.0998. The van der Waals surface area contributed by atoms with Crippen LogP contribution >= 0.6 is 11.3 Å². The van der Waals surface area contributed by atoms with Crippen LogP contribution < -0.4 is 9.64 Å². The minimum Gasteiger partial charge on any atom is -0.486 e. The molecule has 0 saturated carbocycles. The highest BCUT2D eigenvalue weighted by Crippen LogP contribution is 2.27. The summed E-state index contributed by atoms with van der Waals surface area (Å²) in [7, 11) is 0. The third-order valence-corrected chi connectivity index (χ3v) is 6.11. The van der Waals surface area contributed by atoms with Gasteiger partial charge in [0.2, 0.25) is 5.91 Å². The Bertz CT molecular complexity index is 1240. The van der Waals surface area contributed by atoms with Crippen molar-refractivity contribution in [3.8, 4) is 5.75 Å². The van der Waals surface area contributed by atoms with Gasteiger partial charge in [-0.05, 0) is 55.0 Å². The second kappa shape index (κ2) is 10.3. The molecule has 7 heteroatoms. The molecule has 168 valence electrons. The Labute approximate surface area is 196 Å². The lowest BCUT2D eigenvalue weighted by Gasteiger charge is -2.23. The van der Waals surface area contributed by atoms with Crippen molar-refractivity contribution in [1.29, 1.82) is 0 Å².